The molecule has 0 radical (unpaired) electrons. The van der Waals surface area contributed by atoms with Crippen LogP contribution in [-0.4, -0.2) is 57.2 Å². The summed E-state index contributed by atoms with van der Waals surface area (Å²) >= 11 is 0. The Balaban J connectivity index is 3.19. The molecule has 0 spiro atoms. The molecule has 3 unspecified atom stereocenters. The zero-order valence-corrected chi connectivity index (χ0v) is 19.3. The summed E-state index contributed by atoms with van der Waals surface area (Å²) < 4.78 is 22.8. The van der Waals surface area contributed by atoms with Gasteiger partial charge in [-0.25, -0.2) is 9.59 Å². The van der Waals surface area contributed by atoms with E-state index in [1.54, 1.807) is 33.8 Å². The van der Waals surface area contributed by atoms with Crippen LogP contribution in [0, 0.1) is 5.92 Å². The minimum atomic E-state index is -4.44. The Morgan fingerprint density at radius 2 is 1.79 bits per heavy atom. The number of carbonyl (C=O) groups excluding carboxylic acids is 2. The van der Waals surface area contributed by atoms with E-state index < -0.39 is 42.9 Å². The van der Waals surface area contributed by atoms with Gasteiger partial charge in [-0.2, -0.15) is 0 Å². The van der Waals surface area contributed by atoms with Crippen LogP contribution in [0.3, 0.4) is 0 Å². The molecule has 3 atom stereocenters. The lowest BCUT2D eigenvalue weighted by atomic mass is 9.87. The van der Waals surface area contributed by atoms with Crippen molar-refractivity contribution in [2.24, 2.45) is 5.92 Å². The second kappa shape index (κ2) is 10.6. The first-order valence-electron chi connectivity index (χ1n) is 10.2. The SMILES string of the molecule is CCOC(=O)C1CC(C(C=C(CC)CC)P(=O)(O)O)CCN1C(=O)OC(C)(C)C. The van der Waals surface area contributed by atoms with E-state index in [1.807, 2.05) is 13.8 Å². The van der Waals surface area contributed by atoms with Crippen molar-refractivity contribution in [1.29, 1.82) is 0 Å². The highest BCUT2D eigenvalue weighted by atomic mass is 31.2. The van der Waals surface area contributed by atoms with Crippen molar-refractivity contribution < 1.29 is 33.4 Å². The van der Waals surface area contributed by atoms with Crippen molar-refractivity contribution in [2.75, 3.05) is 13.2 Å². The standard InChI is InChI=1S/C20H36NO7P/c1-7-14(8-2)12-17(29(24,25)26)15-10-11-21(19(23)28-20(4,5)6)16(13-15)18(22)27-9-3/h12,15-17H,7-11,13H2,1-6H3,(H2,24,25,26). The van der Waals surface area contributed by atoms with Gasteiger partial charge in [0.1, 0.15) is 11.6 Å². The van der Waals surface area contributed by atoms with Gasteiger partial charge in [0.25, 0.3) is 0 Å². The fourth-order valence-corrected chi connectivity index (χ4v) is 4.76. The Morgan fingerprint density at radius 3 is 2.24 bits per heavy atom. The third-order valence-electron chi connectivity index (χ3n) is 5.02. The number of hydrogen-bond acceptors (Lipinski definition) is 5. The minimum absolute atomic E-state index is 0.116. The van der Waals surface area contributed by atoms with Gasteiger partial charge in [0.05, 0.1) is 12.3 Å². The molecule has 0 aromatic carbocycles. The van der Waals surface area contributed by atoms with Crippen LogP contribution < -0.4 is 0 Å². The zero-order chi connectivity index (χ0) is 22.4. The van der Waals surface area contributed by atoms with Gasteiger partial charge in [-0.15, -0.1) is 0 Å². The average Bonchev–Trinajstić information content (AvgIpc) is 2.60. The minimum Gasteiger partial charge on any atom is -0.464 e. The Hall–Kier alpha value is -1.37. The summed E-state index contributed by atoms with van der Waals surface area (Å²) in [6.45, 7) is 11.1. The summed E-state index contributed by atoms with van der Waals surface area (Å²) in [6, 6.07) is -0.933. The predicted octanol–water partition coefficient (Wildman–Crippen LogP) is 3.86. The van der Waals surface area contributed by atoms with E-state index in [0.717, 1.165) is 5.57 Å². The van der Waals surface area contributed by atoms with Crippen molar-refractivity contribution >= 4 is 19.7 Å². The number of allylic oxidation sites excluding steroid dienone is 2. The lowest BCUT2D eigenvalue weighted by Crippen LogP contribution is -2.53. The maximum Gasteiger partial charge on any atom is 0.411 e. The molecule has 9 heteroatoms. The zero-order valence-electron chi connectivity index (χ0n) is 18.4. The van der Waals surface area contributed by atoms with Crippen LogP contribution in [-0.2, 0) is 18.8 Å². The molecule has 0 aliphatic carbocycles. The second-order valence-electron chi connectivity index (χ2n) is 8.34. The molecule has 1 aliphatic heterocycles. The number of esters is 1. The van der Waals surface area contributed by atoms with E-state index >= 15 is 0 Å². The first-order chi connectivity index (χ1) is 13.3. The van der Waals surface area contributed by atoms with Crippen LogP contribution in [0.1, 0.15) is 67.2 Å². The van der Waals surface area contributed by atoms with Crippen LogP contribution in [0.25, 0.3) is 0 Å². The number of amides is 1. The topological polar surface area (TPSA) is 113 Å². The van der Waals surface area contributed by atoms with Gasteiger partial charge in [-0.05, 0) is 59.3 Å². The molecule has 8 nitrogen and oxygen atoms in total. The Bertz CT molecular complexity index is 644. The molecular formula is C20H36NO7P. The van der Waals surface area contributed by atoms with Gasteiger partial charge >= 0.3 is 19.7 Å². The average molecular weight is 433 g/mol. The Kier molecular flexibility index (Phi) is 9.38. The van der Waals surface area contributed by atoms with Crippen molar-refractivity contribution in [2.45, 2.75) is 84.5 Å². The van der Waals surface area contributed by atoms with Gasteiger partial charge < -0.3 is 19.3 Å². The molecule has 0 aromatic rings. The molecule has 0 saturated carbocycles. The van der Waals surface area contributed by atoms with Crippen LogP contribution in [0.2, 0.25) is 0 Å². The number of likely N-dealkylation sites (tertiary alicyclic amines) is 1. The highest BCUT2D eigenvalue weighted by molar-refractivity contribution is 7.52. The van der Waals surface area contributed by atoms with Crippen molar-refractivity contribution in [3.63, 3.8) is 0 Å². The number of nitrogens with zero attached hydrogens (tertiary/aromatic N) is 1. The van der Waals surface area contributed by atoms with Crippen LogP contribution in [0.15, 0.2) is 11.6 Å². The van der Waals surface area contributed by atoms with E-state index in [2.05, 4.69) is 0 Å². The molecular weight excluding hydrogens is 397 g/mol. The summed E-state index contributed by atoms with van der Waals surface area (Å²) in [7, 11) is -4.44. The first-order valence-corrected chi connectivity index (χ1v) is 11.9. The number of piperidine rings is 1. The van der Waals surface area contributed by atoms with E-state index in [9.17, 15) is 23.9 Å². The molecule has 1 fully saturated rings. The highest BCUT2D eigenvalue weighted by Crippen LogP contribution is 2.49. The van der Waals surface area contributed by atoms with Crippen molar-refractivity contribution in [1.82, 2.24) is 4.90 Å². The monoisotopic (exact) mass is 433 g/mol. The normalized spacial score (nSPS) is 21.3. The van der Waals surface area contributed by atoms with Gasteiger partial charge in [0, 0.05) is 6.54 Å². The summed E-state index contributed by atoms with van der Waals surface area (Å²) in [6.07, 6.45) is 2.92. The van der Waals surface area contributed by atoms with Crippen LogP contribution in [0.4, 0.5) is 4.79 Å². The molecule has 1 heterocycles. The molecule has 1 amide bonds. The molecule has 0 bridgehead atoms. The maximum absolute atomic E-state index is 12.6. The number of rotatable bonds is 7. The van der Waals surface area contributed by atoms with Crippen LogP contribution in [0.5, 0.6) is 0 Å². The molecule has 0 aromatic heterocycles. The number of ether oxygens (including phenoxy) is 2. The van der Waals surface area contributed by atoms with Crippen molar-refractivity contribution in [3.8, 4) is 0 Å². The summed E-state index contributed by atoms with van der Waals surface area (Å²) in [5.74, 6) is -1.03. The largest absolute Gasteiger partial charge is 0.464 e. The molecule has 1 rings (SSSR count). The molecule has 168 valence electrons. The number of carbonyl (C=O) groups is 2. The first kappa shape index (κ1) is 25.7. The fraction of sp³-hybridized carbons (Fsp3) is 0.800. The lowest BCUT2D eigenvalue weighted by Gasteiger charge is -2.40. The smallest absolute Gasteiger partial charge is 0.411 e. The molecule has 2 N–H and O–H groups in total. The van der Waals surface area contributed by atoms with E-state index in [4.69, 9.17) is 9.47 Å². The van der Waals surface area contributed by atoms with E-state index in [0.29, 0.717) is 19.3 Å². The van der Waals surface area contributed by atoms with E-state index in [1.165, 1.54) is 4.90 Å². The highest BCUT2D eigenvalue weighted by Gasteiger charge is 2.44. The molecule has 29 heavy (non-hydrogen) atoms. The second-order valence-corrected chi connectivity index (χ2v) is 10.1. The lowest BCUT2D eigenvalue weighted by molar-refractivity contribution is -0.151. The third kappa shape index (κ3) is 7.76. The molecule has 1 aliphatic rings. The fourth-order valence-electron chi connectivity index (χ4n) is 3.54. The predicted molar refractivity (Wildman–Crippen MR) is 111 cm³/mol. The van der Waals surface area contributed by atoms with Gasteiger partial charge in [-0.3, -0.25) is 9.46 Å². The summed E-state index contributed by atoms with van der Waals surface area (Å²) in [5, 5.41) is 0. The summed E-state index contributed by atoms with van der Waals surface area (Å²) in [5.41, 5.74) is -0.753. The number of hydrogen-bond donors (Lipinski definition) is 2. The molecule has 1 saturated heterocycles. The maximum atomic E-state index is 12.6. The Morgan fingerprint density at radius 1 is 1.21 bits per heavy atom. The van der Waals surface area contributed by atoms with E-state index in [-0.39, 0.29) is 19.6 Å². The van der Waals surface area contributed by atoms with Gasteiger partial charge in [0.15, 0.2) is 0 Å². The van der Waals surface area contributed by atoms with Crippen LogP contribution >= 0.6 is 7.60 Å². The van der Waals surface area contributed by atoms with Gasteiger partial charge in [-0.1, -0.05) is 25.5 Å². The summed E-state index contributed by atoms with van der Waals surface area (Å²) in [4.78, 5) is 46.4. The quantitative estimate of drug-likeness (QED) is 0.356. The van der Waals surface area contributed by atoms with Gasteiger partial charge in [0.2, 0.25) is 0 Å². The Labute approximate surface area is 173 Å². The third-order valence-corrected chi connectivity index (χ3v) is 6.36. The van der Waals surface area contributed by atoms with Crippen molar-refractivity contribution in [3.05, 3.63) is 11.6 Å².